The molecule has 0 heterocycles. The van der Waals surface area contributed by atoms with Crippen LogP contribution in [0.3, 0.4) is 0 Å². The highest BCUT2D eigenvalue weighted by molar-refractivity contribution is 7.91. The zero-order valence-corrected chi connectivity index (χ0v) is 12.7. The molecule has 112 valence electrons. The van der Waals surface area contributed by atoms with Gasteiger partial charge < -0.3 is 5.32 Å². The third kappa shape index (κ3) is 5.69. The van der Waals surface area contributed by atoms with E-state index < -0.39 is 27.3 Å². The Kier molecular flexibility index (Phi) is 5.68. The van der Waals surface area contributed by atoms with Crippen molar-refractivity contribution >= 4 is 15.7 Å². The molecular formula is C14H20FNO3S. The topological polar surface area (TPSA) is 63.2 Å². The van der Waals surface area contributed by atoms with Crippen molar-refractivity contribution in [3.63, 3.8) is 0 Å². The van der Waals surface area contributed by atoms with Crippen molar-refractivity contribution in [1.82, 2.24) is 5.32 Å². The molecule has 0 aromatic heterocycles. The number of halogens is 1. The fourth-order valence-corrected chi connectivity index (χ4v) is 2.87. The van der Waals surface area contributed by atoms with E-state index in [0.717, 1.165) is 6.07 Å². The second kappa shape index (κ2) is 6.83. The highest BCUT2D eigenvalue weighted by Gasteiger charge is 2.19. The molecule has 0 aliphatic rings. The minimum absolute atomic E-state index is 0.0909. The van der Waals surface area contributed by atoms with Gasteiger partial charge in [-0.25, -0.2) is 12.8 Å². The summed E-state index contributed by atoms with van der Waals surface area (Å²) in [7, 11) is -3.60. The molecule has 0 saturated heterocycles. The number of carbonyl (C=O) groups is 1. The Morgan fingerprint density at radius 2 is 1.95 bits per heavy atom. The Morgan fingerprint density at radius 1 is 1.30 bits per heavy atom. The predicted octanol–water partition coefficient (Wildman–Crippen LogP) is 1.90. The van der Waals surface area contributed by atoms with Crippen molar-refractivity contribution in [3.8, 4) is 0 Å². The Hall–Kier alpha value is -1.43. The van der Waals surface area contributed by atoms with E-state index in [4.69, 9.17) is 0 Å². The minimum atomic E-state index is -3.60. The first-order valence-corrected chi connectivity index (χ1v) is 8.26. The normalized spacial score (nSPS) is 13.2. The summed E-state index contributed by atoms with van der Waals surface area (Å²) in [5.41, 5.74) is 0.342. The predicted molar refractivity (Wildman–Crippen MR) is 76.3 cm³/mol. The number of hydrogen-bond donors (Lipinski definition) is 1. The van der Waals surface area contributed by atoms with Crippen LogP contribution in [0.25, 0.3) is 0 Å². The molecule has 0 aliphatic heterocycles. The highest BCUT2D eigenvalue weighted by Crippen LogP contribution is 2.09. The molecule has 1 aromatic carbocycles. The second-order valence-corrected chi connectivity index (χ2v) is 7.33. The van der Waals surface area contributed by atoms with Crippen LogP contribution in [0.4, 0.5) is 4.39 Å². The summed E-state index contributed by atoms with van der Waals surface area (Å²) >= 11 is 0. The first kappa shape index (κ1) is 16.6. The van der Waals surface area contributed by atoms with Crippen LogP contribution in [0.15, 0.2) is 24.3 Å². The summed E-state index contributed by atoms with van der Waals surface area (Å²) in [5.74, 6) is -1.71. The maximum atomic E-state index is 13.0. The lowest BCUT2D eigenvalue weighted by atomic mass is 10.1. The van der Waals surface area contributed by atoms with Gasteiger partial charge in [-0.2, -0.15) is 0 Å². The summed E-state index contributed by atoms with van der Waals surface area (Å²) in [6, 6.07) is 5.28. The molecule has 0 spiro atoms. The van der Waals surface area contributed by atoms with Crippen molar-refractivity contribution in [2.75, 3.05) is 5.75 Å². The summed E-state index contributed by atoms with van der Waals surface area (Å²) in [5, 5.41) is 2.64. The zero-order valence-electron chi connectivity index (χ0n) is 11.9. The number of benzene rings is 1. The lowest BCUT2D eigenvalue weighted by Gasteiger charge is -2.17. The molecule has 20 heavy (non-hydrogen) atoms. The molecular weight excluding hydrogens is 281 g/mol. The summed E-state index contributed by atoms with van der Waals surface area (Å²) < 4.78 is 36.8. The lowest BCUT2D eigenvalue weighted by Crippen LogP contribution is -2.39. The Balaban J connectivity index is 2.64. The van der Waals surface area contributed by atoms with E-state index in [1.54, 1.807) is 0 Å². The Bertz CT molecular complexity index is 570. The van der Waals surface area contributed by atoms with Crippen LogP contribution in [0.1, 0.15) is 26.3 Å². The average Bonchev–Trinajstić information content (AvgIpc) is 2.26. The van der Waals surface area contributed by atoms with Crippen LogP contribution in [-0.4, -0.2) is 26.1 Å². The highest BCUT2D eigenvalue weighted by atomic mass is 32.2. The van der Waals surface area contributed by atoms with Gasteiger partial charge in [-0.15, -0.1) is 0 Å². The molecule has 1 rings (SSSR count). The number of carbonyl (C=O) groups excluding carboxylic acids is 1. The van der Waals surface area contributed by atoms with Gasteiger partial charge >= 0.3 is 0 Å². The van der Waals surface area contributed by atoms with Gasteiger partial charge in [-0.05, 0) is 30.5 Å². The number of amides is 1. The zero-order chi connectivity index (χ0) is 15.3. The molecule has 1 N–H and O–H groups in total. The number of sulfone groups is 1. The molecule has 0 bridgehead atoms. The largest absolute Gasteiger partial charge is 0.353 e. The van der Waals surface area contributed by atoms with E-state index in [9.17, 15) is 17.6 Å². The van der Waals surface area contributed by atoms with E-state index in [1.165, 1.54) is 18.2 Å². The molecule has 0 saturated carbocycles. The quantitative estimate of drug-likeness (QED) is 0.873. The average molecular weight is 301 g/mol. The van der Waals surface area contributed by atoms with Crippen LogP contribution < -0.4 is 5.32 Å². The van der Waals surface area contributed by atoms with Crippen LogP contribution in [0, 0.1) is 11.7 Å². The van der Waals surface area contributed by atoms with E-state index in [1.807, 2.05) is 20.8 Å². The first-order valence-electron chi connectivity index (χ1n) is 6.44. The monoisotopic (exact) mass is 301 g/mol. The molecule has 0 radical (unpaired) electrons. The van der Waals surface area contributed by atoms with E-state index in [-0.39, 0.29) is 17.7 Å². The maximum absolute atomic E-state index is 13.0. The van der Waals surface area contributed by atoms with Crippen molar-refractivity contribution in [3.05, 3.63) is 35.6 Å². The number of nitrogens with one attached hydrogen (secondary N) is 1. The van der Waals surface area contributed by atoms with Gasteiger partial charge in [0.1, 0.15) is 11.6 Å². The third-order valence-electron chi connectivity index (χ3n) is 3.02. The molecule has 0 fully saturated rings. The molecule has 4 nitrogen and oxygen atoms in total. The second-order valence-electron chi connectivity index (χ2n) is 5.26. The molecule has 6 heteroatoms. The van der Waals surface area contributed by atoms with Crippen LogP contribution >= 0.6 is 0 Å². The maximum Gasteiger partial charge on any atom is 0.235 e. The van der Waals surface area contributed by atoms with Gasteiger partial charge in [0, 0.05) is 6.04 Å². The number of rotatable bonds is 6. The molecule has 1 amide bonds. The molecule has 1 aromatic rings. The van der Waals surface area contributed by atoms with Crippen molar-refractivity contribution in [2.24, 2.45) is 5.92 Å². The van der Waals surface area contributed by atoms with Crippen LogP contribution in [0.5, 0.6) is 0 Å². The van der Waals surface area contributed by atoms with Crippen molar-refractivity contribution in [1.29, 1.82) is 0 Å². The standard InChI is InChI=1S/C14H20FNO3S/c1-10(2)11(3)16-14(17)9-20(18,19)8-12-5-4-6-13(15)7-12/h4-7,10-11H,8-9H2,1-3H3,(H,16,17). The Morgan fingerprint density at radius 3 is 2.50 bits per heavy atom. The van der Waals surface area contributed by atoms with Gasteiger partial charge in [0.25, 0.3) is 0 Å². The van der Waals surface area contributed by atoms with Crippen LogP contribution in [-0.2, 0) is 20.4 Å². The van der Waals surface area contributed by atoms with E-state index >= 15 is 0 Å². The lowest BCUT2D eigenvalue weighted by molar-refractivity contribution is -0.119. The van der Waals surface area contributed by atoms with Crippen molar-refractivity contribution < 1.29 is 17.6 Å². The molecule has 1 unspecified atom stereocenters. The van der Waals surface area contributed by atoms with Gasteiger partial charge in [0.15, 0.2) is 9.84 Å². The van der Waals surface area contributed by atoms with Crippen molar-refractivity contribution in [2.45, 2.75) is 32.6 Å². The summed E-state index contributed by atoms with van der Waals surface area (Å²) in [6.45, 7) is 5.69. The first-order chi connectivity index (χ1) is 9.19. The SMILES string of the molecule is CC(C)C(C)NC(=O)CS(=O)(=O)Cc1cccc(F)c1. The van der Waals surface area contributed by atoms with Crippen LogP contribution in [0.2, 0.25) is 0 Å². The van der Waals surface area contributed by atoms with Gasteiger partial charge in [0.05, 0.1) is 5.75 Å². The summed E-state index contributed by atoms with van der Waals surface area (Å²) in [4.78, 5) is 11.7. The van der Waals surface area contributed by atoms with E-state index in [0.29, 0.717) is 5.56 Å². The summed E-state index contributed by atoms with van der Waals surface area (Å²) in [6.07, 6.45) is 0. The molecule has 1 atom stereocenters. The third-order valence-corrected chi connectivity index (χ3v) is 4.49. The molecule has 0 aliphatic carbocycles. The number of hydrogen-bond acceptors (Lipinski definition) is 3. The van der Waals surface area contributed by atoms with Gasteiger partial charge in [-0.3, -0.25) is 4.79 Å². The smallest absolute Gasteiger partial charge is 0.235 e. The van der Waals surface area contributed by atoms with E-state index in [2.05, 4.69) is 5.32 Å². The van der Waals surface area contributed by atoms with Gasteiger partial charge in [-0.1, -0.05) is 26.0 Å². The minimum Gasteiger partial charge on any atom is -0.353 e. The Labute approximate surface area is 119 Å². The fraction of sp³-hybridized carbons (Fsp3) is 0.500. The fourth-order valence-electron chi connectivity index (χ4n) is 1.59. The van der Waals surface area contributed by atoms with Gasteiger partial charge in [0.2, 0.25) is 5.91 Å².